The summed E-state index contributed by atoms with van der Waals surface area (Å²) < 4.78 is 5.35. The number of phenols is 2. The second-order valence-corrected chi connectivity index (χ2v) is 3.41. The number of unbranched alkanes of at least 4 members (excludes halogenated alkanes) is 1. The van der Waals surface area contributed by atoms with Crippen molar-refractivity contribution in [1.29, 1.82) is 0 Å². The lowest BCUT2D eigenvalue weighted by Gasteiger charge is -2.05. The van der Waals surface area contributed by atoms with Gasteiger partial charge in [-0.25, -0.2) is 0 Å². The predicted octanol–water partition coefficient (Wildman–Crippen LogP) is 1.35. The van der Waals surface area contributed by atoms with Gasteiger partial charge in [-0.15, -0.1) is 0 Å². The van der Waals surface area contributed by atoms with Gasteiger partial charge in [-0.2, -0.15) is 0 Å². The zero-order chi connectivity index (χ0) is 11.1. The maximum absolute atomic E-state index is 9.20. The third-order valence-corrected chi connectivity index (χ3v) is 1.97. The van der Waals surface area contributed by atoms with E-state index in [0.29, 0.717) is 19.8 Å². The van der Waals surface area contributed by atoms with Crippen LogP contribution in [0.25, 0.3) is 0 Å². The van der Waals surface area contributed by atoms with Gasteiger partial charge in [0.1, 0.15) is 11.5 Å². The highest BCUT2D eigenvalue weighted by Gasteiger charge is 1.99. The number of ether oxygens (including phenoxy) is 1. The molecule has 0 amide bonds. The summed E-state index contributed by atoms with van der Waals surface area (Å²) in [5.74, 6) is 0.103. The predicted molar refractivity (Wildman–Crippen MR) is 57.7 cm³/mol. The molecule has 0 aliphatic rings. The molecule has 0 radical (unpaired) electrons. The van der Waals surface area contributed by atoms with Crippen LogP contribution in [0.1, 0.15) is 18.4 Å². The molecule has 0 spiro atoms. The molecule has 4 nitrogen and oxygen atoms in total. The van der Waals surface area contributed by atoms with Crippen LogP contribution < -0.4 is 5.73 Å². The quantitative estimate of drug-likeness (QED) is 0.621. The lowest BCUT2D eigenvalue weighted by atomic mass is 10.2. The van der Waals surface area contributed by atoms with Gasteiger partial charge in [-0.1, -0.05) is 0 Å². The number of hydrogen-bond donors (Lipinski definition) is 3. The molecular weight excluding hydrogens is 194 g/mol. The molecule has 1 aromatic rings. The Morgan fingerprint density at radius 2 is 1.73 bits per heavy atom. The summed E-state index contributed by atoms with van der Waals surface area (Å²) in [6, 6.07) is 4.43. The van der Waals surface area contributed by atoms with Crippen molar-refractivity contribution in [2.45, 2.75) is 19.4 Å². The minimum Gasteiger partial charge on any atom is -0.508 e. The van der Waals surface area contributed by atoms with Crippen LogP contribution in [0.3, 0.4) is 0 Å². The molecule has 0 saturated carbocycles. The maximum atomic E-state index is 9.20. The highest BCUT2D eigenvalue weighted by molar-refractivity contribution is 5.36. The van der Waals surface area contributed by atoms with Gasteiger partial charge in [0.25, 0.3) is 0 Å². The number of phenolic OH excluding ortho intramolecular Hbond substituents is 2. The molecule has 0 bridgehead atoms. The third-order valence-electron chi connectivity index (χ3n) is 1.97. The zero-order valence-corrected chi connectivity index (χ0v) is 8.65. The smallest absolute Gasteiger partial charge is 0.119 e. The van der Waals surface area contributed by atoms with Crippen LogP contribution in [0.5, 0.6) is 11.5 Å². The highest BCUT2D eigenvalue weighted by atomic mass is 16.5. The lowest BCUT2D eigenvalue weighted by Crippen LogP contribution is -2.01. The number of rotatable bonds is 6. The van der Waals surface area contributed by atoms with E-state index in [9.17, 15) is 10.2 Å². The summed E-state index contributed by atoms with van der Waals surface area (Å²) in [7, 11) is 0. The molecule has 0 atom stereocenters. The molecule has 0 saturated heterocycles. The first-order valence-corrected chi connectivity index (χ1v) is 5.02. The van der Waals surface area contributed by atoms with Crippen molar-refractivity contribution in [2.75, 3.05) is 13.2 Å². The molecule has 0 aliphatic heterocycles. The first kappa shape index (κ1) is 11.8. The van der Waals surface area contributed by atoms with Crippen molar-refractivity contribution in [3.8, 4) is 11.5 Å². The van der Waals surface area contributed by atoms with Gasteiger partial charge in [0, 0.05) is 12.7 Å². The van der Waals surface area contributed by atoms with E-state index in [-0.39, 0.29) is 11.5 Å². The van der Waals surface area contributed by atoms with E-state index >= 15 is 0 Å². The Kier molecular flexibility index (Phi) is 4.93. The number of nitrogens with two attached hydrogens (primary N) is 1. The Balaban J connectivity index is 2.31. The van der Waals surface area contributed by atoms with Crippen LogP contribution in [-0.4, -0.2) is 23.4 Å². The van der Waals surface area contributed by atoms with Gasteiger partial charge >= 0.3 is 0 Å². The topological polar surface area (TPSA) is 75.7 Å². The van der Waals surface area contributed by atoms with E-state index in [1.165, 1.54) is 6.07 Å². The Morgan fingerprint density at radius 1 is 1.07 bits per heavy atom. The van der Waals surface area contributed by atoms with Crippen LogP contribution in [0.2, 0.25) is 0 Å². The fourth-order valence-corrected chi connectivity index (χ4v) is 1.28. The molecule has 0 aromatic heterocycles. The Bertz CT molecular complexity index is 282. The summed E-state index contributed by atoms with van der Waals surface area (Å²) in [4.78, 5) is 0. The van der Waals surface area contributed by atoms with E-state index in [0.717, 1.165) is 18.4 Å². The highest BCUT2D eigenvalue weighted by Crippen LogP contribution is 2.20. The van der Waals surface area contributed by atoms with Gasteiger partial charge in [-0.3, -0.25) is 0 Å². The SMILES string of the molecule is NCCCCOCc1cc(O)cc(O)c1. The molecule has 1 aromatic carbocycles. The van der Waals surface area contributed by atoms with Gasteiger partial charge in [0.2, 0.25) is 0 Å². The van der Waals surface area contributed by atoms with E-state index in [4.69, 9.17) is 10.5 Å². The summed E-state index contributed by atoms with van der Waals surface area (Å²) >= 11 is 0. The first-order chi connectivity index (χ1) is 7.22. The van der Waals surface area contributed by atoms with Gasteiger partial charge in [0.05, 0.1) is 6.61 Å². The van der Waals surface area contributed by atoms with Crippen molar-refractivity contribution in [3.63, 3.8) is 0 Å². The minimum atomic E-state index is 0.0514. The van der Waals surface area contributed by atoms with Crippen LogP contribution >= 0.6 is 0 Å². The van der Waals surface area contributed by atoms with E-state index in [1.54, 1.807) is 12.1 Å². The molecule has 15 heavy (non-hydrogen) atoms. The largest absolute Gasteiger partial charge is 0.508 e. The standard InChI is InChI=1S/C11H17NO3/c12-3-1-2-4-15-8-9-5-10(13)7-11(14)6-9/h5-7,13-14H,1-4,8,12H2. The minimum absolute atomic E-state index is 0.0514. The van der Waals surface area contributed by atoms with Crippen molar-refractivity contribution >= 4 is 0 Å². The van der Waals surface area contributed by atoms with Crippen molar-refractivity contribution < 1.29 is 14.9 Å². The van der Waals surface area contributed by atoms with Gasteiger partial charge in [-0.05, 0) is 37.1 Å². The summed E-state index contributed by atoms with van der Waals surface area (Å²) in [5.41, 5.74) is 6.10. The van der Waals surface area contributed by atoms with Crippen molar-refractivity contribution in [1.82, 2.24) is 0 Å². The molecular formula is C11H17NO3. The maximum Gasteiger partial charge on any atom is 0.119 e. The number of hydrogen-bond acceptors (Lipinski definition) is 4. The van der Waals surface area contributed by atoms with E-state index in [2.05, 4.69) is 0 Å². The Labute approximate surface area is 89.3 Å². The number of benzene rings is 1. The summed E-state index contributed by atoms with van der Waals surface area (Å²) in [6.45, 7) is 1.72. The van der Waals surface area contributed by atoms with Gasteiger partial charge in [0.15, 0.2) is 0 Å². The van der Waals surface area contributed by atoms with Crippen LogP contribution in [-0.2, 0) is 11.3 Å². The monoisotopic (exact) mass is 211 g/mol. The summed E-state index contributed by atoms with van der Waals surface area (Å²) in [5, 5.41) is 18.4. The third kappa shape index (κ3) is 4.67. The fraction of sp³-hybridized carbons (Fsp3) is 0.455. The average molecular weight is 211 g/mol. The first-order valence-electron chi connectivity index (χ1n) is 5.02. The Hall–Kier alpha value is -1.26. The average Bonchev–Trinajstić information content (AvgIpc) is 2.16. The van der Waals surface area contributed by atoms with Crippen molar-refractivity contribution in [3.05, 3.63) is 23.8 Å². The van der Waals surface area contributed by atoms with Crippen LogP contribution in [0, 0.1) is 0 Å². The summed E-state index contributed by atoms with van der Waals surface area (Å²) in [6.07, 6.45) is 1.88. The molecule has 0 aliphatic carbocycles. The van der Waals surface area contributed by atoms with Gasteiger partial charge < -0.3 is 20.7 Å². The van der Waals surface area contributed by atoms with Crippen LogP contribution in [0.15, 0.2) is 18.2 Å². The Morgan fingerprint density at radius 3 is 2.33 bits per heavy atom. The van der Waals surface area contributed by atoms with Crippen LogP contribution in [0.4, 0.5) is 0 Å². The van der Waals surface area contributed by atoms with E-state index < -0.39 is 0 Å². The fourth-order valence-electron chi connectivity index (χ4n) is 1.28. The molecule has 84 valence electrons. The second kappa shape index (κ2) is 6.27. The molecule has 4 N–H and O–H groups in total. The molecule has 0 heterocycles. The number of aromatic hydroxyl groups is 2. The molecule has 1 rings (SSSR count). The van der Waals surface area contributed by atoms with E-state index in [1.807, 2.05) is 0 Å². The van der Waals surface area contributed by atoms with Crippen molar-refractivity contribution in [2.24, 2.45) is 5.73 Å². The normalized spacial score (nSPS) is 10.5. The zero-order valence-electron chi connectivity index (χ0n) is 8.65. The molecule has 0 fully saturated rings. The molecule has 4 heteroatoms. The lowest BCUT2D eigenvalue weighted by molar-refractivity contribution is 0.117. The second-order valence-electron chi connectivity index (χ2n) is 3.41. The molecule has 0 unspecified atom stereocenters.